The lowest BCUT2D eigenvalue weighted by Crippen LogP contribution is -2.37. The van der Waals surface area contributed by atoms with E-state index in [1.165, 1.54) is 12.1 Å². The Morgan fingerprint density at radius 2 is 2.09 bits per heavy atom. The standard InChI is InChI=1S/C14H17Cl2N3O2S/c1-3-11(8-19-7-6-17-9-19)18-22(20,21)13-5-4-12(15)10(2)14(13)16/h4-7,9,11,18H,3,8H2,1-2H3. The highest BCUT2D eigenvalue weighted by Gasteiger charge is 2.23. The maximum Gasteiger partial charge on any atom is 0.242 e. The van der Waals surface area contributed by atoms with Gasteiger partial charge in [0, 0.05) is 30.0 Å². The molecule has 0 saturated carbocycles. The Morgan fingerprint density at radius 3 is 2.68 bits per heavy atom. The maximum atomic E-state index is 12.6. The highest BCUT2D eigenvalue weighted by molar-refractivity contribution is 7.89. The van der Waals surface area contributed by atoms with E-state index in [4.69, 9.17) is 23.2 Å². The molecule has 1 heterocycles. The number of halogens is 2. The summed E-state index contributed by atoms with van der Waals surface area (Å²) in [5.74, 6) is 0. The molecule has 0 bridgehead atoms. The van der Waals surface area contributed by atoms with Gasteiger partial charge in [-0.3, -0.25) is 0 Å². The summed E-state index contributed by atoms with van der Waals surface area (Å²) in [5, 5.41) is 0.590. The van der Waals surface area contributed by atoms with Crippen LogP contribution < -0.4 is 4.72 Å². The smallest absolute Gasteiger partial charge is 0.242 e. The van der Waals surface area contributed by atoms with E-state index in [1.54, 1.807) is 25.6 Å². The molecule has 0 radical (unpaired) electrons. The topological polar surface area (TPSA) is 64.0 Å². The van der Waals surface area contributed by atoms with E-state index in [2.05, 4.69) is 9.71 Å². The fraction of sp³-hybridized carbons (Fsp3) is 0.357. The van der Waals surface area contributed by atoms with Crippen molar-refractivity contribution in [3.63, 3.8) is 0 Å². The van der Waals surface area contributed by atoms with Crippen LogP contribution in [0.25, 0.3) is 0 Å². The number of benzene rings is 1. The van der Waals surface area contributed by atoms with Crippen LogP contribution in [0.3, 0.4) is 0 Å². The quantitative estimate of drug-likeness (QED) is 0.858. The zero-order valence-corrected chi connectivity index (χ0v) is 14.6. The van der Waals surface area contributed by atoms with Crippen LogP contribution in [0.15, 0.2) is 35.7 Å². The summed E-state index contributed by atoms with van der Waals surface area (Å²) in [6.07, 6.45) is 5.73. The minimum atomic E-state index is -3.72. The molecule has 1 aromatic carbocycles. The molecule has 0 amide bonds. The fourth-order valence-corrected chi connectivity index (χ4v) is 4.14. The van der Waals surface area contributed by atoms with Crippen LogP contribution in [0, 0.1) is 6.92 Å². The van der Waals surface area contributed by atoms with Gasteiger partial charge < -0.3 is 4.57 Å². The minimum absolute atomic E-state index is 0.0418. The molecule has 1 unspecified atom stereocenters. The average Bonchev–Trinajstić information content (AvgIpc) is 2.96. The second-order valence-electron chi connectivity index (χ2n) is 4.97. The van der Waals surface area contributed by atoms with Crippen molar-refractivity contribution in [2.24, 2.45) is 0 Å². The number of aromatic nitrogens is 2. The lowest BCUT2D eigenvalue weighted by atomic mass is 10.2. The molecular weight excluding hydrogens is 345 g/mol. The van der Waals surface area contributed by atoms with Gasteiger partial charge in [0.2, 0.25) is 10.0 Å². The number of nitrogens with zero attached hydrogens (tertiary/aromatic N) is 2. The molecule has 0 spiro atoms. The summed E-state index contributed by atoms with van der Waals surface area (Å²) in [5.41, 5.74) is 0.550. The van der Waals surface area contributed by atoms with Crippen LogP contribution >= 0.6 is 23.2 Å². The highest BCUT2D eigenvalue weighted by Crippen LogP contribution is 2.30. The first-order valence-corrected chi connectivity index (χ1v) is 9.01. The highest BCUT2D eigenvalue weighted by atomic mass is 35.5. The molecule has 1 N–H and O–H groups in total. The van der Waals surface area contributed by atoms with E-state index < -0.39 is 10.0 Å². The summed E-state index contributed by atoms with van der Waals surface area (Å²) in [6, 6.07) is 2.70. The van der Waals surface area contributed by atoms with Gasteiger partial charge >= 0.3 is 0 Å². The Balaban J connectivity index is 2.24. The summed E-state index contributed by atoms with van der Waals surface area (Å²) in [6.45, 7) is 4.10. The molecule has 8 heteroatoms. The van der Waals surface area contributed by atoms with E-state index in [-0.39, 0.29) is 16.0 Å². The summed E-state index contributed by atoms with van der Waals surface area (Å²) >= 11 is 12.1. The first-order chi connectivity index (χ1) is 10.3. The molecule has 0 aliphatic carbocycles. The normalized spacial score (nSPS) is 13.3. The van der Waals surface area contributed by atoms with Gasteiger partial charge in [-0.05, 0) is 31.0 Å². The molecule has 1 aromatic heterocycles. The predicted molar refractivity (Wildman–Crippen MR) is 87.8 cm³/mol. The van der Waals surface area contributed by atoms with Gasteiger partial charge in [0.05, 0.1) is 11.3 Å². The van der Waals surface area contributed by atoms with Gasteiger partial charge in [0.1, 0.15) is 4.90 Å². The predicted octanol–water partition coefficient (Wildman–Crippen LogP) is 3.26. The number of nitrogens with one attached hydrogen (secondary N) is 1. The van der Waals surface area contributed by atoms with Gasteiger partial charge in [0.25, 0.3) is 0 Å². The molecule has 0 saturated heterocycles. The Hall–Kier alpha value is -1.08. The van der Waals surface area contributed by atoms with Crippen LogP contribution in [0.4, 0.5) is 0 Å². The molecule has 0 aliphatic heterocycles. The first-order valence-electron chi connectivity index (χ1n) is 6.77. The van der Waals surface area contributed by atoms with E-state index in [1.807, 2.05) is 11.5 Å². The number of hydrogen-bond donors (Lipinski definition) is 1. The van der Waals surface area contributed by atoms with Crippen molar-refractivity contribution in [2.75, 3.05) is 0 Å². The largest absolute Gasteiger partial charge is 0.336 e. The molecule has 22 heavy (non-hydrogen) atoms. The van der Waals surface area contributed by atoms with Crippen LogP contribution in [0.2, 0.25) is 10.0 Å². The third-order valence-corrected chi connectivity index (χ3v) is 5.95. The third kappa shape index (κ3) is 3.81. The van der Waals surface area contributed by atoms with Crippen molar-refractivity contribution in [2.45, 2.75) is 37.8 Å². The number of sulfonamides is 1. The first kappa shape index (κ1) is 17.3. The molecule has 2 rings (SSSR count). The van der Waals surface area contributed by atoms with Crippen LogP contribution in [-0.2, 0) is 16.6 Å². The number of rotatable bonds is 6. The summed E-state index contributed by atoms with van der Waals surface area (Å²) in [4.78, 5) is 3.99. The Labute approximate surface area is 140 Å². The molecular formula is C14H17Cl2N3O2S. The Morgan fingerprint density at radius 1 is 1.36 bits per heavy atom. The molecule has 0 aliphatic rings. The Bertz CT molecular complexity index is 746. The van der Waals surface area contributed by atoms with Gasteiger partial charge in [-0.2, -0.15) is 0 Å². The van der Waals surface area contributed by atoms with Crippen LogP contribution in [0.1, 0.15) is 18.9 Å². The van der Waals surface area contributed by atoms with Gasteiger partial charge in [-0.1, -0.05) is 30.1 Å². The minimum Gasteiger partial charge on any atom is -0.336 e. The van der Waals surface area contributed by atoms with E-state index >= 15 is 0 Å². The monoisotopic (exact) mass is 361 g/mol. The molecule has 5 nitrogen and oxygen atoms in total. The summed E-state index contributed by atoms with van der Waals surface area (Å²) in [7, 11) is -3.72. The fourth-order valence-electron chi connectivity index (χ4n) is 2.03. The maximum absolute atomic E-state index is 12.6. The van der Waals surface area contributed by atoms with E-state index in [0.717, 1.165) is 0 Å². The van der Waals surface area contributed by atoms with Crippen molar-refractivity contribution in [3.05, 3.63) is 46.5 Å². The zero-order chi connectivity index (χ0) is 16.3. The van der Waals surface area contributed by atoms with Crippen molar-refractivity contribution >= 4 is 33.2 Å². The van der Waals surface area contributed by atoms with E-state index in [0.29, 0.717) is 23.6 Å². The van der Waals surface area contributed by atoms with Crippen molar-refractivity contribution in [1.82, 2.24) is 14.3 Å². The van der Waals surface area contributed by atoms with Gasteiger partial charge in [-0.25, -0.2) is 18.1 Å². The lowest BCUT2D eigenvalue weighted by molar-refractivity contribution is 0.485. The van der Waals surface area contributed by atoms with Crippen LogP contribution in [0.5, 0.6) is 0 Å². The van der Waals surface area contributed by atoms with Crippen molar-refractivity contribution in [1.29, 1.82) is 0 Å². The second kappa shape index (κ2) is 7.00. The molecule has 1 atom stereocenters. The molecule has 120 valence electrons. The van der Waals surface area contributed by atoms with Crippen LogP contribution in [-0.4, -0.2) is 24.0 Å². The molecule has 2 aromatic rings. The average molecular weight is 362 g/mol. The van der Waals surface area contributed by atoms with Crippen molar-refractivity contribution < 1.29 is 8.42 Å². The zero-order valence-electron chi connectivity index (χ0n) is 12.3. The number of imidazole rings is 1. The third-order valence-electron chi connectivity index (χ3n) is 3.38. The molecule has 0 fully saturated rings. The summed E-state index contributed by atoms with van der Waals surface area (Å²) < 4.78 is 29.6. The number of hydrogen-bond acceptors (Lipinski definition) is 3. The SMILES string of the molecule is CCC(Cn1ccnc1)NS(=O)(=O)c1ccc(Cl)c(C)c1Cl. The van der Waals surface area contributed by atoms with E-state index in [9.17, 15) is 8.42 Å². The Kier molecular flexibility index (Phi) is 5.50. The van der Waals surface area contributed by atoms with Gasteiger partial charge in [0.15, 0.2) is 0 Å². The van der Waals surface area contributed by atoms with Gasteiger partial charge in [-0.15, -0.1) is 0 Å². The second-order valence-corrected chi connectivity index (χ2v) is 7.44. The lowest BCUT2D eigenvalue weighted by Gasteiger charge is -2.18. The van der Waals surface area contributed by atoms with Crippen molar-refractivity contribution in [3.8, 4) is 0 Å².